The summed E-state index contributed by atoms with van der Waals surface area (Å²) in [6, 6.07) is 8.83. The molecule has 3 rings (SSSR count). The van der Waals surface area contributed by atoms with Crippen molar-refractivity contribution in [1.82, 2.24) is 15.0 Å². The van der Waals surface area contributed by atoms with Crippen molar-refractivity contribution >= 4 is 5.69 Å². The zero-order valence-corrected chi connectivity index (χ0v) is 12.5. The van der Waals surface area contributed by atoms with Gasteiger partial charge in [-0.15, -0.1) is 4.91 Å². The molecule has 0 atom stereocenters. The molecule has 0 unspecified atom stereocenters. The standard InChI is InChI=1S/C16H12N4O4/c1-24-10-3-5-11(13(7-10)20-23)15-17-8-18-16(19-15)12-4-2-9(21)6-14(12)22/h2-8,21-22H,1H3. The second kappa shape index (κ2) is 6.29. The van der Waals surface area contributed by atoms with Crippen LogP contribution in [-0.2, 0) is 0 Å². The van der Waals surface area contributed by atoms with E-state index in [2.05, 4.69) is 20.1 Å². The fraction of sp³-hybridized carbons (Fsp3) is 0.0625. The molecule has 0 spiro atoms. The first kappa shape index (κ1) is 15.3. The van der Waals surface area contributed by atoms with E-state index in [0.717, 1.165) is 0 Å². The van der Waals surface area contributed by atoms with E-state index < -0.39 is 0 Å². The molecule has 1 heterocycles. The van der Waals surface area contributed by atoms with E-state index >= 15 is 0 Å². The van der Waals surface area contributed by atoms with Gasteiger partial charge in [-0.2, -0.15) is 0 Å². The van der Waals surface area contributed by atoms with Gasteiger partial charge in [-0.05, 0) is 29.4 Å². The number of phenolic OH excluding ortho intramolecular Hbond substituents is 2. The fourth-order valence-electron chi connectivity index (χ4n) is 2.17. The number of nitroso groups, excluding NO2 is 1. The van der Waals surface area contributed by atoms with Gasteiger partial charge in [0.25, 0.3) is 0 Å². The summed E-state index contributed by atoms with van der Waals surface area (Å²) in [4.78, 5) is 23.4. The van der Waals surface area contributed by atoms with Crippen molar-refractivity contribution < 1.29 is 14.9 Å². The molecule has 0 aliphatic rings. The largest absolute Gasteiger partial charge is 0.508 e. The van der Waals surface area contributed by atoms with E-state index in [-0.39, 0.29) is 28.8 Å². The molecule has 2 aromatic carbocycles. The van der Waals surface area contributed by atoms with Crippen LogP contribution in [0, 0.1) is 4.91 Å². The number of benzene rings is 2. The van der Waals surface area contributed by atoms with E-state index in [9.17, 15) is 15.1 Å². The molecule has 0 aliphatic carbocycles. The van der Waals surface area contributed by atoms with Crippen LogP contribution in [0.5, 0.6) is 17.2 Å². The van der Waals surface area contributed by atoms with Gasteiger partial charge in [0, 0.05) is 17.7 Å². The molecule has 0 amide bonds. The van der Waals surface area contributed by atoms with Gasteiger partial charge in [-0.1, -0.05) is 0 Å². The summed E-state index contributed by atoms with van der Waals surface area (Å²) in [6.07, 6.45) is 1.27. The van der Waals surface area contributed by atoms with Crippen molar-refractivity contribution in [3.05, 3.63) is 47.6 Å². The van der Waals surface area contributed by atoms with Crippen LogP contribution in [0.25, 0.3) is 22.8 Å². The van der Waals surface area contributed by atoms with E-state index in [1.54, 1.807) is 12.1 Å². The SMILES string of the molecule is COc1ccc(-c2ncnc(-c3ccc(O)cc3O)n2)c(N=O)c1. The quantitative estimate of drug-likeness (QED) is 0.708. The Kier molecular flexibility index (Phi) is 4.02. The number of aromatic hydroxyl groups is 2. The third-order valence-electron chi connectivity index (χ3n) is 3.34. The van der Waals surface area contributed by atoms with Gasteiger partial charge in [-0.25, -0.2) is 15.0 Å². The molecule has 8 nitrogen and oxygen atoms in total. The molecule has 24 heavy (non-hydrogen) atoms. The Balaban J connectivity index is 2.10. The summed E-state index contributed by atoms with van der Waals surface area (Å²) >= 11 is 0. The van der Waals surface area contributed by atoms with Crippen LogP contribution < -0.4 is 4.74 Å². The van der Waals surface area contributed by atoms with Gasteiger partial charge in [0.15, 0.2) is 11.6 Å². The third-order valence-corrected chi connectivity index (χ3v) is 3.34. The molecule has 0 bridgehead atoms. The number of ether oxygens (including phenoxy) is 1. The molecule has 8 heteroatoms. The average Bonchev–Trinajstić information content (AvgIpc) is 2.61. The van der Waals surface area contributed by atoms with Gasteiger partial charge in [0.2, 0.25) is 0 Å². The third kappa shape index (κ3) is 2.84. The molecule has 0 fully saturated rings. The summed E-state index contributed by atoms with van der Waals surface area (Å²) in [7, 11) is 1.48. The molecule has 3 aromatic rings. The van der Waals surface area contributed by atoms with Crippen LogP contribution in [0.3, 0.4) is 0 Å². The maximum atomic E-state index is 11.1. The van der Waals surface area contributed by atoms with Crippen molar-refractivity contribution in [1.29, 1.82) is 0 Å². The van der Waals surface area contributed by atoms with E-state index in [1.165, 1.54) is 37.7 Å². The van der Waals surface area contributed by atoms with E-state index in [1.807, 2.05) is 0 Å². The highest BCUT2D eigenvalue weighted by atomic mass is 16.5. The molecule has 120 valence electrons. The van der Waals surface area contributed by atoms with Crippen molar-refractivity contribution in [2.45, 2.75) is 0 Å². The van der Waals surface area contributed by atoms with Crippen molar-refractivity contribution in [2.75, 3.05) is 7.11 Å². The first-order chi connectivity index (χ1) is 11.6. The lowest BCUT2D eigenvalue weighted by atomic mass is 10.1. The number of hydrogen-bond donors (Lipinski definition) is 2. The van der Waals surface area contributed by atoms with Crippen LogP contribution in [-0.4, -0.2) is 32.3 Å². The van der Waals surface area contributed by atoms with Crippen molar-refractivity contribution in [2.24, 2.45) is 5.18 Å². The van der Waals surface area contributed by atoms with Crippen molar-refractivity contribution in [3.63, 3.8) is 0 Å². The Bertz CT molecular complexity index is 914. The second-order valence-corrected chi connectivity index (χ2v) is 4.81. The Hall–Kier alpha value is -3.55. The highest BCUT2D eigenvalue weighted by Crippen LogP contribution is 2.34. The van der Waals surface area contributed by atoms with Crippen LogP contribution in [0.15, 0.2) is 47.9 Å². The van der Waals surface area contributed by atoms with Gasteiger partial charge in [0.05, 0.1) is 12.7 Å². The number of hydrogen-bond acceptors (Lipinski definition) is 8. The van der Waals surface area contributed by atoms with Crippen LogP contribution in [0.1, 0.15) is 0 Å². The number of phenols is 2. The molecule has 1 aromatic heterocycles. The van der Waals surface area contributed by atoms with Crippen LogP contribution >= 0.6 is 0 Å². The number of nitrogens with zero attached hydrogens (tertiary/aromatic N) is 4. The predicted octanol–water partition coefficient (Wildman–Crippen LogP) is 3.02. The predicted molar refractivity (Wildman–Crippen MR) is 86.0 cm³/mol. The topological polar surface area (TPSA) is 118 Å². The maximum Gasteiger partial charge on any atom is 0.167 e. The lowest BCUT2D eigenvalue weighted by molar-refractivity contribution is 0.415. The molecular weight excluding hydrogens is 312 g/mol. The summed E-state index contributed by atoms with van der Waals surface area (Å²) in [6.45, 7) is 0. The fourth-order valence-corrected chi connectivity index (χ4v) is 2.17. The summed E-state index contributed by atoms with van der Waals surface area (Å²) in [5.41, 5.74) is 0.861. The maximum absolute atomic E-state index is 11.1. The van der Waals surface area contributed by atoms with Crippen LogP contribution in [0.2, 0.25) is 0 Å². The zero-order chi connectivity index (χ0) is 17.1. The molecular formula is C16H12N4O4. The van der Waals surface area contributed by atoms with E-state index in [0.29, 0.717) is 16.9 Å². The molecule has 0 aliphatic heterocycles. The van der Waals surface area contributed by atoms with Gasteiger partial charge in [0.1, 0.15) is 29.3 Å². The molecule has 0 radical (unpaired) electrons. The second-order valence-electron chi connectivity index (χ2n) is 4.81. The van der Waals surface area contributed by atoms with Gasteiger partial charge < -0.3 is 14.9 Å². The minimum Gasteiger partial charge on any atom is -0.508 e. The normalized spacial score (nSPS) is 10.4. The summed E-state index contributed by atoms with van der Waals surface area (Å²) in [5, 5.41) is 22.3. The van der Waals surface area contributed by atoms with Gasteiger partial charge in [-0.3, -0.25) is 0 Å². The van der Waals surface area contributed by atoms with Gasteiger partial charge >= 0.3 is 0 Å². The first-order valence-electron chi connectivity index (χ1n) is 6.85. The number of rotatable bonds is 4. The Morgan fingerprint density at radius 1 is 1.00 bits per heavy atom. The average molecular weight is 324 g/mol. The minimum atomic E-state index is -0.171. The highest BCUT2D eigenvalue weighted by molar-refractivity contribution is 5.74. The lowest BCUT2D eigenvalue weighted by Gasteiger charge is -2.07. The Morgan fingerprint density at radius 2 is 1.71 bits per heavy atom. The van der Waals surface area contributed by atoms with E-state index in [4.69, 9.17) is 4.74 Å². The van der Waals surface area contributed by atoms with Crippen molar-refractivity contribution in [3.8, 4) is 40.0 Å². The lowest BCUT2D eigenvalue weighted by Crippen LogP contribution is -1.96. The highest BCUT2D eigenvalue weighted by Gasteiger charge is 2.14. The first-order valence-corrected chi connectivity index (χ1v) is 6.85. The number of methoxy groups -OCH3 is 1. The Morgan fingerprint density at radius 3 is 2.38 bits per heavy atom. The van der Waals surface area contributed by atoms with Crippen LogP contribution in [0.4, 0.5) is 5.69 Å². The monoisotopic (exact) mass is 324 g/mol. The summed E-state index contributed by atoms with van der Waals surface area (Å²) < 4.78 is 5.06. The minimum absolute atomic E-state index is 0.0758. The Labute approximate surface area is 136 Å². The number of aromatic nitrogens is 3. The smallest absolute Gasteiger partial charge is 0.167 e. The molecule has 0 saturated heterocycles. The molecule has 0 saturated carbocycles. The summed E-state index contributed by atoms with van der Waals surface area (Å²) in [5.74, 6) is 0.664. The zero-order valence-electron chi connectivity index (χ0n) is 12.5. The molecule has 2 N–H and O–H groups in total.